The molecule has 1 fully saturated rings. The number of nitrogens with two attached hydrogens (primary N) is 1. The summed E-state index contributed by atoms with van der Waals surface area (Å²) in [6, 6.07) is 15.6. The number of rotatable bonds is 5. The molecule has 1 saturated carbocycles. The van der Waals surface area contributed by atoms with E-state index in [4.69, 9.17) is 10.3 Å². The van der Waals surface area contributed by atoms with Gasteiger partial charge in [0.15, 0.2) is 15.7 Å². The van der Waals surface area contributed by atoms with E-state index in [2.05, 4.69) is 10.1 Å². The minimum Gasteiger partial charge on any atom is -0.334 e. The molecule has 0 spiro atoms. The van der Waals surface area contributed by atoms with Crippen molar-refractivity contribution >= 4 is 22.2 Å². The first-order chi connectivity index (χ1) is 12.5. The molecule has 2 N–H and O–H groups in total. The van der Waals surface area contributed by atoms with Gasteiger partial charge in [0.1, 0.15) is 0 Å². The maximum atomic E-state index is 12.7. The zero-order valence-electron chi connectivity index (χ0n) is 14.5. The van der Waals surface area contributed by atoms with Crippen LogP contribution in [0.5, 0.6) is 0 Å². The number of benzene rings is 2. The number of aromatic nitrogens is 2. The largest absolute Gasteiger partial charge is 0.334 e. The second-order valence-electron chi connectivity index (χ2n) is 6.66. The number of sulfone groups is 1. The fraction of sp³-hybridized carbons (Fsp3) is 0.263. The first-order valence-corrected chi connectivity index (χ1v) is 10.1. The maximum Gasteiger partial charge on any atom is 0.258 e. The van der Waals surface area contributed by atoms with Gasteiger partial charge in [-0.1, -0.05) is 41.6 Å². The highest BCUT2D eigenvalue weighted by Gasteiger charge is 2.39. The molecule has 8 heteroatoms. The van der Waals surface area contributed by atoms with Crippen LogP contribution in [0.1, 0.15) is 30.7 Å². The van der Waals surface area contributed by atoms with Crippen LogP contribution in [0, 0.1) is 0 Å². The number of nitrogens with zero attached hydrogens (tertiary/aromatic N) is 2. The van der Waals surface area contributed by atoms with Gasteiger partial charge >= 0.3 is 0 Å². The van der Waals surface area contributed by atoms with Crippen molar-refractivity contribution in [1.82, 2.24) is 10.1 Å². The number of halogens is 1. The molecular weight excluding hydrogens is 386 g/mol. The molecular formula is C19H20ClN3O3S. The predicted octanol–water partition coefficient (Wildman–Crippen LogP) is 3.47. The SMILES string of the molecule is Cl.NC1(c2noc(-c3ccccc3CS(=O)(=O)c3ccccc3)n2)CCC1. The zero-order chi connectivity index (χ0) is 18.2. The summed E-state index contributed by atoms with van der Waals surface area (Å²) >= 11 is 0. The van der Waals surface area contributed by atoms with Gasteiger partial charge in [-0.05, 0) is 43.0 Å². The molecule has 1 aromatic heterocycles. The first kappa shape index (κ1) is 19.5. The predicted molar refractivity (Wildman–Crippen MR) is 104 cm³/mol. The van der Waals surface area contributed by atoms with Crippen LogP contribution in [-0.4, -0.2) is 18.6 Å². The maximum absolute atomic E-state index is 12.7. The molecule has 2 aromatic carbocycles. The second-order valence-corrected chi connectivity index (χ2v) is 8.65. The summed E-state index contributed by atoms with van der Waals surface area (Å²) < 4.78 is 30.8. The topological polar surface area (TPSA) is 99.1 Å². The van der Waals surface area contributed by atoms with E-state index in [0.29, 0.717) is 22.8 Å². The van der Waals surface area contributed by atoms with Crippen molar-refractivity contribution < 1.29 is 12.9 Å². The Morgan fingerprint density at radius 3 is 2.37 bits per heavy atom. The molecule has 142 valence electrons. The average molecular weight is 406 g/mol. The van der Waals surface area contributed by atoms with E-state index < -0.39 is 15.4 Å². The summed E-state index contributed by atoms with van der Waals surface area (Å²) in [5.41, 5.74) is 6.97. The van der Waals surface area contributed by atoms with Crippen LogP contribution in [0.4, 0.5) is 0 Å². The van der Waals surface area contributed by atoms with Crippen molar-refractivity contribution in [2.75, 3.05) is 0 Å². The van der Waals surface area contributed by atoms with Crippen LogP contribution in [0.2, 0.25) is 0 Å². The Balaban J connectivity index is 0.00000210. The standard InChI is InChI=1S/C19H19N3O3S.ClH/c20-19(11-6-12-19)18-21-17(25-22-18)16-10-5-4-7-14(16)13-26(23,24)15-8-2-1-3-9-15;/h1-5,7-10H,6,11-13,20H2;1H. The highest BCUT2D eigenvalue weighted by Crippen LogP contribution is 2.38. The molecule has 6 nitrogen and oxygen atoms in total. The fourth-order valence-electron chi connectivity index (χ4n) is 3.09. The Hall–Kier alpha value is -2.22. The quantitative estimate of drug-likeness (QED) is 0.697. The summed E-state index contributed by atoms with van der Waals surface area (Å²) in [5.74, 6) is 0.647. The lowest BCUT2D eigenvalue weighted by Gasteiger charge is -2.34. The molecule has 3 aromatic rings. The van der Waals surface area contributed by atoms with Crippen LogP contribution in [0.25, 0.3) is 11.5 Å². The Labute approximate surface area is 164 Å². The van der Waals surface area contributed by atoms with Crippen molar-refractivity contribution in [1.29, 1.82) is 0 Å². The van der Waals surface area contributed by atoms with Crippen LogP contribution in [-0.2, 0) is 21.1 Å². The normalized spacial score (nSPS) is 15.6. The first-order valence-electron chi connectivity index (χ1n) is 8.47. The molecule has 4 rings (SSSR count). The minimum atomic E-state index is -3.47. The monoisotopic (exact) mass is 405 g/mol. The van der Waals surface area contributed by atoms with E-state index >= 15 is 0 Å². The van der Waals surface area contributed by atoms with Crippen molar-refractivity contribution in [3.63, 3.8) is 0 Å². The lowest BCUT2D eigenvalue weighted by atomic mass is 9.77. The number of hydrogen-bond acceptors (Lipinski definition) is 6. The average Bonchev–Trinajstić information content (AvgIpc) is 3.11. The summed E-state index contributed by atoms with van der Waals surface area (Å²) in [6.45, 7) is 0. The van der Waals surface area contributed by atoms with E-state index in [9.17, 15) is 8.42 Å². The van der Waals surface area contributed by atoms with E-state index in [1.165, 1.54) is 0 Å². The molecule has 1 aliphatic carbocycles. The van der Waals surface area contributed by atoms with Gasteiger partial charge in [0, 0.05) is 5.56 Å². The Bertz CT molecular complexity index is 1030. The van der Waals surface area contributed by atoms with Crippen LogP contribution >= 0.6 is 12.4 Å². The molecule has 27 heavy (non-hydrogen) atoms. The molecule has 0 amide bonds. The van der Waals surface area contributed by atoms with Gasteiger partial charge in [-0.3, -0.25) is 0 Å². The molecule has 0 saturated heterocycles. The van der Waals surface area contributed by atoms with Crippen molar-refractivity contribution in [3.8, 4) is 11.5 Å². The van der Waals surface area contributed by atoms with Crippen molar-refractivity contribution in [3.05, 3.63) is 66.0 Å². The van der Waals surface area contributed by atoms with Gasteiger partial charge in [-0.15, -0.1) is 12.4 Å². The van der Waals surface area contributed by atoms with Gasteiger partial charge in [0.2, 0.25) is 0 Å². The van der Waals surface area contributed by atoms with E-state index in [1.807, 2.05) is 6.07 Å². The van der Waals surface area contributed by atoms with Crippen LogP contribution < -0.4 is 5.73 Å². The van der Waals surface area contributed by atoms with Crippen molar-refractivity contribution in [2.24, 2.45) is 5.73 Å². The molecule has 0 atom stereocenters. The number of hydrogen-bond donors (Lipinski definition) is 1. The lowest BCUT2D eigenvalue weighted by molar-refractivity contribution is 0.229. The molecule has 0 radical (unpaired) electrons. The smallest absolute Gasteiger partial charge is 0.258 e. The van der Waals surface area contributed by atoms with E-state index in [-0.39, 0.29) is 23.1 Å². The third-order valence-electron chi connectivity index (χ3n) is 4.81. The third kappa shape index (κ3) is 3.76. The molecule has 1 aliphatic rings. The summed E-state index contributed by atoms with van der Waals surface area (Å²) in [6.07, 6.45) is 2.71. The third-order valence-corrected chi connectivity index (χ3v) is 6.49. The molecule has 0 bridgehead atoms. The lowest BCUT2D eigenvalue weighted by Crippen LogP contribution is -2.44. The van der Waals surface area contributed by atoms with Crippen LogP contribution in [0.15, 0.2) is 64.0 Å². The highest BCUT2D eigenvalue weighted by atomic mass is 35.5. The van der Waals surface area contributed by atoms with Gasteiger partial charge in [-0.25, -0.2) is 8.42 Å². The molecule has 0 unspecified atom stereocenters. The Morgan fingerprint density at radius 1 is 1.04 bits per heavy atom. The van der Waals surface area contributed by atoms with Gasteiger partial charge in [0.25, 0.3) is 5.89 Å². The highest BCUT2D eigenvalue weighted by molar-refractivity contribution is 7.90. The van der Waals surface area contributed by atoms with Crippen molar-refractivity contribution in [2.45, 2.75) is 35.4 Å². The molecule has 0 aliphatic heterocycles. The summed E-state index contributed by atoms with van der Waals surface area (Å²) in [7, 11) is -3.47. The minimum absolute atomic E-state index is 0. The van der Waals surface area contributed by atoms with Gasteiger partial charge in [-0.2, -0.15) is 4.98 Å². The Morgan fingerprint density at radius 2 is 1.70 bits per heavy atom. The zero-order valence-corrected chi connectivity index (χ0v) is 16.2. The van der Waals surface area contributed by atoms with Gasteiger partial charge in [0.05, 0.1) is 16.2 Å². The Kier molecular flexibility index (Phi) is 5.37. The van der Waals surface area contributed by atoms with E-state index in [1.54, 1.807) is 48.5 Å². The summed E-state index contributed by atoms with van der Waals surface area (Å²) in [4.78, 5) is 4.73. The molecule has 1 heterocycles. The van der Waals surface area contributed by atoms with Gasteiger partial charge < -0.3 is 10.3 Å². The summed E-state index contributed by atoms with van der Waals surface area (Å²) in [5, 5.41) is 4.02. The second kappa shape index (κ2) is 7.42. The fourth-order valence-corrected chi connectivity index (χ4v) is 4.49. The van der Waals surface area contributed by atoms with E-state index in [0.717, 1.165) is 19.3 Å². The van der Waals surface area contributed by atoms with Crippen LogP contribution in [0.3, 0.4) is 0 Å².